The molecule has 1 amide bonds. The molecule has 4 bridgehead atoms. The molecule has 0 aromatic carbocycles. The van der Waals surface area contributed by atoms with Gasteiger partial charge in [0, 0.05) is 12.5 Å². The Balaban J connectivity index is 1.94. The average molecular weight is 237 g/mol. The Labute approximate surface area is 101 Å². The lowest BCUT2D eigenvalue weighted by atomic mass is 9.47. The maximum absolute atomic E-state index is 11.6. The van der Waals surface area contributed by atoms with Crippen molar-refractivity contribution in [3.8, 4) is 0 Å². The summed E-state index contributed by atoms with van der Waals surface area (Å²) in [6, 6.07) is 0. The second-order valence-electron chi connectivity index (χ2n) is 6.51. The zero-order chi connectivity index (χ0) is 12.3. The molecule has 4 aliphatic rings. The van der Waals surface area contributed by atoms with Crippen LogP contribution in [0.2, 0.25) is 0 Å². The largest absolute Gasteiger partial charge is 0.481 e. The van der Waals surface area contributed by atoms with Crippen LogP contribution >= 0.6 is 0 Å². The summed E-state index contributed by atoms with van der Waals surface area (Å²) in [6.45, 7) is 1.53. The third-order valence-electron chi connectivity index (χ3n) is 4.96. The second kappa shape index (κ2) is 3.24. The summed E-state index contributed by atoms with van der Waals surface area (Å²) < 4.78 is 0. The Hall–Kier alpha value is -1.06. The number of carboxylic acids is 1. The molecule has 0 spiro atoms. The van der Waals surface area contributed by atoms with Crippen LogP contribution in [-0.4, -0.2) is 22.5 Å². The van der Waals surface area contributed by atoms with Gasteiger partial charge in [-0.1, -0.05) is 0 Å². The molecule has 0 saturated heterocycles. The molecule has 4 aliphatic carbocycles. The van der Waals surface area contributed by atoms with Crippen molar-refractivity contribution in [2.45, 2.75) is 51.0 Å². The Bertz CT molecular complexity index is 376. The van der Waals surface area contributed by atoms with Crippen LogP contribution in [0.25, 0.3) is 0 Å². The van der Waals surface area contributed by atoms with Gasteiger partial charge in [-0.25, -0.2) is 0 Å². The monoisotopic (exact) mass is 237 g/mol. The van der Waals surface area contributed by atoms with Crippen LogP contribution in [-0.2, 0) is 9.59 Å². The molecule has 2 atom stereocenters. The Morgan fingerprint density at radius 1 is 1.18 bits per heavy atom. The van der Waals surface area contributed by atoms with Crippen molar-refractivity contribution in [2.24, 2.45) is 17.3 Å². The minimum Gasteiger partial charge on any atom is -0.481 e. The number of nitrogens with one attached hydrogen (secondary N) is 1. The quantitative estimate of drug-likeness (QED) is 0.765. The number of carbonyl (C=O) groups is 2. The van der Waals surface area contributed by atoms with E-state index >= 15 is 0 Å². The summed E-state index contributed by atoms with van der Waals surface area (Å²) in [7, 11) is 0. The minimum atomic E-state index is -0.652. The van der Waals surface area contributed by atoms with E-state index in [2.05, 4.69) is 5.32 Å². The molecule has 0 unspecified atom stereocenters. The van der Waals surface area contributed by atoms with Crippen molar-refractivity contribution in [3.63, 3.8) is 0 Å². The molecule has 0 aliphatic heterocycles. The van der Waals surface area contributed by atoms with E-state index in [1.165, 1.54) is 6.92 Å². The number of carboxylic acid groups (broad SMARTS) is 1. The zero-order valence-electron chi connectivity index (χ0n) is 10.2. The number of aliphatic carboxylic acids is 1. The molecule has 17 heavy (non-hydrogen) atoms. The summed E-state index contributed by atoms with van der Waals surface area (Å²) in [5.41, 5.74) is -0.763. The van der Waals surface area contributed by atoms with Crippen molar-refractivity contribution >= 4 is 11.9 Å². The van der Waals surface area contributed by atoms with Crippen molar-refractivity contribution in [1.82, 2.24) is 5.32 Å². The fraction of sp³-hybridized carbons (Fsp3) is 0.846. The van der Waals surface area contributed by atoms with Crippen LogP contribution in [0.3, 0.4) is 0 Å². The van der Waals surface area contributed by atoms with Gasteiger partial charge in [-0.05, 0) is 50.4 Å². The molecule has 94 valence electrons. The van der Waals surface area contributed by atoms with Gasteiger partial charge in [0.05, 0.1) is 5.41 Å². The maximum Gasteiger partial charge on any atom is 0.309 e. The molecule has 0 aromatic rings. The first-order valence-corrected chi connectivity index (χ1v) is 6.45. The highest BCUT2D eigenvalue weighted by Gasteiger charge is 2.61. The molecule has 0 heterocycles. The van der Waals surface area contributed by atoms with Gasteiger partial charge in [-0.15, -0.1) is 0 Å². The van der Waals surface area contributed by atoms with Crippen molar-refractivity contribution in [3.05, 3.63) is 0 Å². The number of carbonyl (C=O) groups excluding carboxylic acids is 1. The van der Waals surface area contributed by atoms with E-state index in [0.717, 1.165) is 32.1 Å². The lowest BCUT2D eigenvalue weighted by Gasteiger charge is -2.60. The number of hydrogen-bond acceptors (Lipinski definition) is 2. The smallest absolute Gasteiger partial charge is 0.309 e. The fourth-order valence-electron chi connectivity index (χ4n) is 5.03. The molecule has 4 nitrogen and oxygen atoms in total. The van der Waals surface area contributed by atoms with Gasteiger partial charge in [-0.2, -0.15) is 0 Å². The Morgan fingerprint density at radius 3 is 2.24 bits per heavy atom. The van der Waals surface area contributed by atoms with Crippen molar-refractivity contribution < 1.29 is 14.7 Å². The van der Waals surface area contributed by atoms with Crippen molar-refractivity contribution in [2.75, 3.05) is 0 Å². The Kier molecular flexibility index (Phi) is 2.11. The average Bonchev–Trinajstić information content (AvgIpc) is 2.12. The minimum absolute atomic E-state index is 0.0208. The number of amides is 1. The van der Waals surface area contributed by atoms with Gasteiger partial charge < -0.3 is 10.4 Å². The molecular formula is C13H19NO3. The van der Waals surface area contributed by atoms with Crippen LogP contribution in [0.15, 0.2) is 0 Å². The highest BCUT2D eigenvalue weighted by molar-refractivity contribution is 5.77. The first-order chi connectivity index (χ1) is 7.93. The van der Waals surface area contributed by atoms with Crippen LogP contribution in [0.1, 0.15) is 45.4 Å². The van der Waals surface area contributed by atoms with Gasteiger partial charge >= 0.3 is 5.97 Å². The molecule has 4 heteroatoms. The SMILES string of the molecule is CC(=O)NC12C[C@H]3C[C@H](C1)CC(C(=O)O)(C3)C2. The number of hydrogen-bond donors (Lipinski definition) is 2. The predicted octanol–water partition coefficient (Wildman–Crippen LogP) is 1.55. The zero-order valence-corrected chi connectivity index (χ0v) is 10.2. The van der Waals surface area contributed by atoms with E-state index in [9.17, 15) is 14.7 Å². The topological polar surface area (TPSA) is 66.4 Å². The van der Waals surface area contributed by atoms with Crippen LogP contribution in [0, 0.1) is 17.3 Å². The second-order valence-corrected chi connectivity index (χ2v) is 6.51. The Morgan fingerprint density at radius 2 is 1.76 bits per heavy atom. The van der Waals surface area contributed by atoms with Gasteiger partial charge in [-0.3, -0.25) is 9.59 Å². The van der Waals surface area contributed by atoms with E-state index in [1.54, 1.807) is 0 Å². The molecule has 2 N–H and O–H groups in total. The van der Waals surface area contributed by atoms with E-state index < -0.39 is 11.4 Å². The van der Waals surface area contributed by atoms with Gasteiger partial charge in [0.15, 0.2) is 0 Å². The summed E-state index contributed by atoms with van der Waals surface area (Å²) in [5, 5.41) is 12.6. The molecule has 0 aromatic heterocycles. The van der Waals surface area contributed by atoms with E-state index in [0.29, 0.717) is 18.3 Å². The molecule has 4 fully saturated rings. The molecule has 4 rings (SSSR count). The lowest BCUT2D eigenvalue weighted by molar-refractivity contribution is -0.169. The molecule has 0 radical (unpaired) electrons. The van der Waals surface area contributed by atoms with Crippen LogP contribution in [0.4, 0.5) is 0 Å². The standard InChI is InChI=1S/C13H19NO3/c1-8(15)14-13-5-9-2-10(6-13)4-12(3-9,7-13)11(16)17/h9-10H,2-7H2,1H3,(H,14,15)(H,16,17)/t9-,10-,12?,13?/m0/s1. The summed E-state index contributed by atoms with van der Waals surface area (Å²) >= 11 is 0. The van der Waals surface area contributed by atoms with Crippen molar-refractivity contribution in [1.29, 1.82) is 0 Å². The van der Waals surface area contributed by atoms with Gasteiger partial charge in [0.2, 0.25) is 5.91 Å². The third-order valence-corrected chi connectivity index (χ3v) is 4.96. The first-order valence-electron chi connectivity index (χ1n) is 6.45. The third kappa shape index (κ3) is 1.57. The lowest BCUT2D eigenvalue weighted by Crippen LogP contribution is -2.64. The highest BCUT2D eigenvalue weighted by Crippen LogP contribution is 2.61. The van der Waals surface area contributed by atoms with E-state index in [-0.39, 0.29) is 11.4 Å². The normalized spacial score (nSPS) is 46.9. The maximum atomic E-state index is 11.6. The fourth-order valence-corrected chi connectivity index (χ4v) is 5.03. The van der Waals surface area contributed by atoms with Gasteiger partial charge in [0.1, 0.15) is 0 Å². The molecule has 4 saturated carbocycles. The summed E-state index contributed by atoms with van der Waals surface area (Å²) in [6.07, 6.45) is 5.41. The predicted molar refractivity (Wildman–Crippen MR) is 61.3 cm³/mol. The number of rotatable bonds is 2. The first kappa shape index (κ1) is 11.1. The van der Waals surface area contributed by atoms with Crippen LogP contribution in [0.5, 0.6) is 0 Å². The van der Waals surface area contributed by atoms with E-state index in [4.69, 9.17) is 0 Å². The van der Waals surface area contributed by atoms with Gasteiger partial charge in [0.25, 0.3) is 0 Å². The summed E-state index contributed by atoms with van der Waals surface area (Å²) in [5.74, 6) is 0.326. The molecular weight excluding hydrogens is 218 g/mol. The van der Waals surface area contributed by atoms with Crippen LogP contribution < -0.4 is 5.32 Å². The van der Waals surface area contributed by atoms with E-state index in [1.807, 2.05) is 0 Å². The summed E-state index contributed by atoms with van der Waals surface area (Å²) in [4.78, 5) is 22.9. The highest BCUT2D eigenvalue weighted by atomic mass is 16.4.